The number of hydrogen-bond donors (Lipinski definition) is 0. The number of thioether (sulfide) groups is 1. The summed E-state index contributed by atoms with van der Waals surface area (Å²) in [5.74, 6) is -0.149. The van der Waals surface area contributed by atoms with E-state index in [-0.39, 0.29) is 5.91 Å². The van der Waals surface area contributed by atoms with Gasteiger partial charge in [0.1, 0.15) is 4.75 Å². The van der Waals surface area contributed by atoms with Crippen molar-refractivity contribution >= 4 is 45.9 Å². The highest BCUT2D eigenvalue weighted by molar-refractivity contribution is 8.15. The molecule has 0 N–H and O–H groups in total. The molecule has 1 aromatic carbocycles. The number of rotatable bonds is 3. The van der Waals surface area contributed by atoms with E-state index < -0.39 is 4.75 Å². The van der Waals surface area contributed by atoms with E-state index in [1.165, 1.54) is 11.8 Å². The van der Waals surface area contributed by atoms with Crippen LogP contribution in [0.4, 0.5) is 0 Å². The van der Waals surface area contributed by atoms with Crippen molar-refractivity contribution in [2.24, 2.45) is 4.99 Å². The molecule has 3 rings (SSSR count). The van der Waals surface area contributed by atoms with Gasteiger partial charge in [-0.15, -0.1) is 0 Å². The Morgan fingerprint density at radius 1 is 1.18 bits per heavy atom. The van der Waals surface area contributed by atoms with Crippen LogP contribution in [0.15, 0.2) is 47.7 Å². The first-order chi connectivity index (χ1) is 10.5. The molecular weight excluding hydrogens is 339 g/mol. The second-order valence-corrected chi connectivity index (χ2v) is 7.43. The molecule has 0 radical (unpaired) electrons. The van der Waals surface area contributed by atoms with Crippen LogP contribution in [0.5, 0.6) is 0 Å². The highest BCUT2D eigenvalue weighted by atomic mass is 35.5. The summed E-state index contributed by atoms with van der Waals surface area (Å²) < 4.78 is -0.697. The number of nitrogens with zero attached hydrogens (tertiary/aromatic N) is 2. The predicted octanol–water partition coefficient (Wildman–Crippen LogP) is 4.52. The second-order valence-electron chi connectivity index (χ2n) is 5.09. The molecule has 1 unspecified atom stereocenters. The molecule has 0 saturated carbocycles. The van der Waals surface area contributed by atoms with E-state index in [0.717, 1.165) is 16.2 Å². The van der Waals surface area contributed by atoms with Crippen molar-refractivity contribution in [1.29, 1.82) is 0 Å². The zero-order chi connectivity index (χ0) is 15.7. The lowest BCUT2D eigenvalue weighted by atomic mass is 10.0. The highest BCUT2D eigenvalue weighted by Gasteiger charge is 2.42. The maximum Gasteiger partial charge on any atom is 0.267 e. The van der Waals surface area contributed by atoms with Crippen molar-refractivity contribution in [3.8, 4) is 0 Å². The van der Waals surface area contributed by atoms with Crippen molar-refractivity contribution in [1.82, 2.24) is 4.98 Å². The Balaban J connectivity index is 1.84. The van der Waals surface area contributed by atoms with Crippen LogP contribution in [0.1, 0.15) is 18.1 Å². The van der Waals surface area contributed by atoms with Gasteiger partial charge in [0.15, 0.2) is 0 Å². The Morgan fingerprint density at radius 3 is 2.59 bits per heavy atom. The summed E-state index contributed by atoms with van der Waals surface area (Å²) in [4.78, 5) is 20.6. The SMILES string of the molecule is CC1(c2ccncc2)SC(Cc2ccc(Cl)cc2Cl)=NC1=O. The van der Waals surface area contributed by atoms with E-state index in [0.29, 0.717) is 16.5 Å². The Morgan fingerprint density at radius 2 is 1.91 bits per heavy atom. The third-order valence-electron chi connectivity index (χ3n) is 3.54. The Kier molecular flexibility index (Phi) is 4.26. The number of hydrogen-bond acceptors (Lipinski definition) is 3. The minimum absolute atomic E-state index is 0.149. The molecule has 2 heterocycles. The standard InChI is InChI=1S/C16H12Cl2N2OS/c1-16(11-4-6-19-7-5-11)15(21)20-14(22-16)8-10-2-3-12(17)9-13(10)18/h2-7,9H,8H2,1H3. The molecule has 1 aromatic heterocycles. The van der Waals surface area contributed by atoms with Gasteiger partial charge in [0.2, 0.25) is 0 Å². The van der Waals surface area contributed by atoms with Crippen LogP contribution in [0.3, 0.4) is 0 Å². The van der Waals surface area contributed by atoms with Gasteiger partial charge in [0.25, 0.3) is 5.91 Å². The van der Waals surface area contributed by atoms with Gasteiger partial charge in [0.05, 0.1) is 5.04 Å². The van der Waals surface area contributed by atoms with E-state index in [9.17, 15) is 4.79 Å². The summed E-state index contributed by atoms with van der Waals surface area (Å²) in [7, 11) is 0. The molecule has 3 nitrogen and oxygen atoms in total. The summed E-state index contributed by atoms with van der Waals surface area (Å²) in [6.45, 7) is 1.88. The molecule has 1 atom stereocenters. The number of halogens is 2. The van der Waals surface area contributed by atoms with Crippen LogP contribution in [0, 0.1) is 0 Å². The Bertz CT molecular complexity index is 764. The van der Waals surface area contributed by atoms with E-state index in [2.05, 4.69) is 9.98 Å². The monoisotopic (exact) mass is 350 g/mol. The van der Waals surface area contributed by atoms with Crippen molar-refractivity contribution < 1.29 is 4.79 Å². The quantitative estimate of drug-likeness (QED) is 0.817. The normalized spacial score (nSPS) is 21.0. The lowest BCUT2D eigenvalue weighted by molar-refractivity contribution is -0.119. The smallest absolute Gasteiger partial charge is 0.267 e. The van der Waals surface area contributed by atoms with Crippen LogP contribution in [0.2, 0.25) is 10.0 Å². The van der Waals surface area contributed by atoms with E-state index in [1.54, 1.807) is 24.5 Å². The highest BCUT2D eigenvalue weighted by Crippen LogP contribution is 2.43. The zero-order valence-electron chi connectivity index (χ0n) is 11.7. The molecule has 0 fully saturated rings. The maximum absolute atomic E-state index is 12.4. The van der Waals surface area contributed by atoms with Crippen LogP contribution >= 0.6 is 35.0 Å². The molecule has 1 aliphatic heterocycles. The average molecular weight is 351 g/mol. The number of carbonyl (C=O) groups is 1. The lowest BCUT2D eigenvalue weighted by Crippen LogP contribution is -2.24. The first kappa shape index (κ1) is 15.5. The van der Waals surface area contributed by atoms with Gasteiger partial charge in [-0.05, 0) is 42.3 Å². The summed E-state index contributed by atoms with van der Waals surface area (Å²) >= 11 is 13.6. The number of pyridine rings is 1. The first-order valence-electron chi connectivity index (χ1n) is 6.64. The van der Waals surface area contributed by atoms with E-state index in [1.807, 2.05) is 25.1 Å². The zero-order valence-corrected chi connectivity index (χ0v) is 14.0. The van der Waals surface area contributed by atoms with Gasteiger partial charge < -0.3 is 0 Å². The molecule has 0 aliphatic carbocycles. The Labute approximate surface area is 142 Å². The lowest BCUT2D eigenvalue weighted by Gasteiger charge is -2.20. The van der Waals surface area contributed by atoms with Crippen LogP contribution in [-0.2, 0) is 16.0 Å². The minimum Gasteiger partial charge on any atom is -0.271 e. The molecule has 0 saturated heterocycles. The van der Waals surface area contributed by atoms with Crippen LogP contribution < -0.4 is 0 Å². The Hall–Kier alpha value is -1.36. The molecule has 0 bridgehead atoms. The van der Waals surface area contributed by atoms with Gasteiger partial charge in [-0.25, -0.2) is 4.99 Å². The van der Waals surface area contributed by atoms with Gasteiger partial charge in [-0.1, -0.05) is 41.0 Å². The minimum atomic E-state index is -0.697. The fraction of sp³-hybridized carbons (Fsp3) is 0.188. The summed E-state index contributed by atoms with van der Waals surface area (Å²) in [5.41, 5.74) is 1.81. The fourth-order valence-electron chi connectivity index (χ4n) is 2.28. The maximum atomic E-state index is 12.4. The van der Waals surface area contributed by atoms with Gasteiger partial charge in [0, 0.05) is 28.9 Å². The fourth-order valence-corrected chi connectivity index (χ4v) is 3.97. The number of carbonyl (C=O) groups excluding carboxylic acids is 1. The van der Waals surface area contributed by atoms with Gasteiger partial charge in [-0.3, -0.25) is 9.78 Å². The summed E-state index contributed by atoms with van der Waals surface area (Å²) in [6.07, 6.45) is 3.89. The molecular formula is C16H12Cl2N2OS. The number of benzene rings is 1. The van der Waals surface area contributed by atoms with E-state index >= 15 is 0 Å². The summed E-state index contributed by atoms with van der Waals surface area (Å²) in [6, 6.07) is 9.03. The molecule has 112 valence electrons. The van der Waals surface area contributed by atoms with Gasteiger partial charge in [-0.2, -0.15) is 0 Å². The number of aromatic nitrogens is 1. The first-order valence-corrected chi connectivity index (χ1v) is 8.22. The largest absolute Gasteiger partial charge is 0.271 e. The molecule has 0 spiro atoms. The molecule has 22 heavy (non-hydrogen) atoms. The van der Waals surface area contributed by atoms with Crippen molar-refractivity contribution in [2.45, 2.75) is 18.1 Å². The van der Waals surface area contributed by atoms with Crippen molar-refractivity contribution in [2.75, 3.05) is 0 Å². The molecule has 2 aromatic rings. The van der Waals surface area contributed by atoms with Crippen LogP contribution in [-0.4, -0.2) is 15.9 Å². The predicted molar refractivity (Wildman–Crippen MR) is 91.8 cm³/mol. The topological polar surface area (TPSA) is 42.3 Å². The number of amides is 1. The van der Waals surface area contributed by atoms with Gasteiger partial charge >= 0.3 is 0 Å². The third kappa shape index (κ3) is 2.91. The summed E-state index contributed by atoms with van der Waals surface area (Å²) in [5, 5.41) is 1.93. The average Bonchev–Trinajstić information content (AvgIpc) is 2.79. The van der Waals surface area contributed by atoms with Crippen molar-refractivity contribution in [3.05, 3.63) is 63.9 Å². The number of aliphatic imine (C=N–C) groups is 1. The third-order valence-corrected chi connectivity index (χ3v) is 5.42. The molecule has 6 heteroatoms. The van der Waals surface area contributed by atoms with Crippen molar-refractivity contribution in [3.63, 3.8) is 0 Å². The molecule has 1 amide bonds. The second kappa shape index (κ2) is 6.03. The van der Waals surface area contributed by atoms with Crippen LogP contribution in [0.25, 0.3) is 0 Å². The molecule has 1 aliphatic rings. The van der Waals surface area contributed by atoms with E-state index in [4.69, 9.17) is 23.2 Å².